The van der Waals surface area contributed by atoms with Crippen LogP contribution in [0.25, 0.3) is 21.9 Å². The number of aliphatic hydroxyl groups excluding tert-OH is 3. The van der Waals surface area contributed by atoms with Crippen molar-refractivity contribution in [1.29, 1.82) is 0 Å². The van der Waals surface area contributed by atoms with Crippen LogP contribution in [0.5, 0.6) is 11.5 Å². The maximum Gasteiger partial charge on any atom is 0.336 e. The van der Waals surface area contributed by atoms with Gasteiger partial charge in [0.2, 0.25) is 17.5 Å². The number of aryl methyl sites for hydroxylation is 1. The smallest absolute Gasteiger partial charge is 0.336 e. The van der Waals surface area contributed by atoms with Gasteiger partial charge in [0, 0.05) is 18.2 Å². The quantitative estimate of drug-likeness (QED) is 0.209. The molecule has 6 atom stereocenters. The van der Waals surface area contributed by atoms with E-state index in [2.05, 4.69) is 0 Å². The number of hydrogen-bond acceptors (Lipinski definition) is 13. The van der Waals surface area contributed by atoms with Crippen LogP contribution in [0.15, 0.2) is 65.7 Å². The molecule has 220 valence electrons. The van der Waals surface area contributed by atoms with Gasteiger partial charge in [0.05, 0.1) is 35.5 Å². The van der Waals surface area contributed by atoms with Gasteiger partial charge in [0.25, 0.3) is 0 Å². The molecule has 1 fully saturated rings. The van der Waals surface area contributed by atoms with E-state index in [1.165, 1.54) is 45.4 Å². The number of ether oxygens (including phenoxy) is 4. The standard InChI is InChI=1S/C28H30O13/c1-13-24(16(30)7-9-35-13)41-27-26(23(33)22(32)19(11-29)39-27)40-20(28(2,3)34)12-37-25-14-4-5-21(31)38-18(14)10-17-15(25)6-8-36-17/h4-10,19-20,22-23,26-27,29,32-34H,11-12H2,1-3H3/t19-,20-,22-,23+,26-,27+/m1/s1. The molecule has 5 rings (SSSR count). The van der Waals surface area contributed by atoms with Crippen LogP contribution in [0, 0.1) is 6.92 Å². The van der Waals surface area contributed by atoms with E-state index in [0.29, 0.717) is 22.1 Å². The van der Waals surface area contributed by atoms with E-state index in [9.17, 15) is 30.0 Å². The van der Waals surface area contributed by atoms with Crippen LogP contribution in [0.3, 0.4) is 0 Å². The SMILES string of the molecule is Cc1occc(=O)c1O[C@@H]1O[C@H](CO)[C@@H](O)[C@H](O)[C@H]1O[C@H](COc1c2ccoc2cc2oc(=O)ccc12)C(C)(C)O. The Morgan fingerprint density at radius 2 is 1.71 bits per heavy atom. The highest BCUT2D eigenvalue weighted by molar-refractivity contribution is 6.01. The van der Waals surface area contributed by atoms with Crippen LogP contribution >= 0.6 is 0 Å². The molecule has 1 aliphatic heterocycles. The van der Waals surface area contributed by atoms with E-state index in [4.69, 9.17) is 32.2 Å². The van der Waals surface area contributed by atoms with Gasteiger partial charge in [-0.3, -0.25) is 4.79 Å². The first-order valence-electron chi connectivity index (χ1n) is 12.8. The Labute approximate surface area is 232 Å². The van der Waals surface area contributed by atoms with Gasteiger partial charge < -0.3 is 52.6 Å². The minimum absolute atomic E-state index is 0.120. The summed E-state index contributed by atoms with van der Waals surface area (Å²) in [6.07, 6.45) is -6.05. The summed E-state index contributed by atoms with van der Waals surface area (Å²) >= 11 is 0. The van der Waals surface area contributed by atoms with Gasteiger partial charge >= 0.3 is 5.63 Å². The maximum absolute atomic E-state index is 12.4. The number of aliphatic hydroxyl groups is 4. The second kappa shape index (κ2) is 11.3. The summed E-state index contributed by atoms with van der Waals surface area (Å²) in [5.41, 5.74) is -2.08. The fraction of sp³-hybridized carbons (Fsp3) is 0.429. The molecule has 41 heavy (non-hydrogen) atoms. The normalized spacial score (nSPS) is 24.0. The molecule has 4 aromatic rings. The van der Waals surface area contributed by atoms with Crippen molar-refractivity contribution >= 4 is 21.9 Å². The molecule has 0 saturated carbocycles. The third-order valence-corrected chi connectivity index (χ3v) is 6.86. The van der Waals surface area contributed by atoms with Crippen molar-refractivity contribution in [1.82, 2.24) is 0 Å². The molecule has 0 bridgehead atoms. The Bertz CT molecular complexity index is 1630. The van der Waals surface area contributed by atoms with Gasteiger partial charge in [-0.1, -0.05) is 0 Å². The minimum Gasteiger partial charge on any atom is -0.489 e. The van der Waals surface area contributed by atoms with E-state index in [-0.39, 0.29) is 23.7 Å². The molecule has 4 N–H and O–H groups in total. The molecular formula is C28H30O13. The molecule has 0 aliphatic carbocycles. The second-order valence-corrected chi connectivity index (χ2v) is 10.3. The average molecular weight is 575 g/mol. The maximum atomic E-state index is 12.4. The van der Waals surface area contributed by atoms with E-state index in [1.807, 2.05) is 0 Å². The number of furan rings is 1. The number of fused-ring (bicyclic) bond motifs is 2. The molecule has 0 amide bonds. The van der Waals surface area contributed by atoms with Crippen molar-refractivity contribution in [3.63, 3.8) is 0 Å². The Kier molecular flexibility index (Phi) is 7.92. The number of benzene rings is 1. The molecule has 13 heteroatoms. The average Bonchev–Trinajstić information content (AvgIpc) is 3.38. The molecule has 1 saturated heterocycles. The highest BCUT2D eigenvalue weighted by Gasteiger charge is 2.49. The van der Waals surface area contributed by atoms with Crippen molar-refractivity contribution in [2.24, 2.45) is 0 Å². The zero-order valence-electron chi connectivity index (χ0n) is 22.4. The number of rotatable bonds is 9. The van der Waals surface area contributed by atoms with Crippen LogP contribution in [0.2, 0.25) is 0 Å². The highest BCUT2D eigenvalue weighted by atomic mass is 16.7. The van der Waals surface area contributed by atoms with Crippen LogP contribution in [-0.4, -0.2) is 76.1 Å². The summed E-state index contributed by atoms with van der Waals surface area (Å²) < 4.78 is 39.6. The Balaban J connectivity index is 1.46. The second-order valence-electron chi connectivity index (χ2n) is 10.3. The first kappa shape index (κ1) is 28.8. The van der Waals surface area contributed by atoms with Crippen molar-refractivity contribution in [3.05, 3.63) is 69.3 Å². The van der Waals surface area contributed by atoms with Crippen LogP contribution in [0.4, 0.5) is 0 Å². The first-order chi connectivity index (χ1) is 19.5. The molecular weight excluding hydrogens is 544 g/mol. The zero-order valence-corrected chi connectivity index (χ0v) is 22.4. The Morgan fingerprint density at radius 1 is 0.976 bits per heavy atom. The predicted octanol–water partition coefficient (Wildman–Crippen LogP) is 1.22. The Hall–Kier alpha value is -3.72. The highest BCUT2D eigenvalue weighted by Crippen LogP contribution is 2.36. The summed E-state index contributed by atoms with van der Waals surface area (Å²) in [5, 5.41) is 43.3. The topological polar surface area (TPSA) is 191 Å². The summed E-state index contributed by atoms with van der Waals surface area (Å²) in [7, 11) is 0. The van der Waals surface area contributed by atoms with E-state index in [0.717, 1.165) is 6.07 Å². The summed E-state index contributed by atoms with van der Waals surface area (Å²) in [4.78, 5) is 24.2. The third-order valence-electron chi connectivity index (χ3n) is 6.86. The molecule has 3 aromatic heterocycles. The van der Waals surface area contributed by atoms with Crippen molar-refractivity contribution < 1.29 is 52.6 Å². The van der Waals surface area contributed by atoms with Gasteiger partial charge in [-0.25, -0.2) is 4.79 Å². The van der Waals surface area contributed by atoms with Gasteiger partial charge in [-0.2, -0.15) is 0 Å². The minimum atomic E-state index is -1.67. The van der Waals surface area contributed by atoms with Crippen molar-refractivity contribution in [2.45, 2.75) is 63.2 Å². The lowest BCUT2D eigenvalue weighted by molar-refractivity contribution is -0.305. The number of hydrogen-bond donors (Lipinski definition) is 4. The molecule has 0 unspecified atom stereocenters. The van der Waals surface area contributed by atoms with Crippen LogP contribution < -0.4 is 20.5 Å². The molecule has 4 heterocycles. The van der Waals surface area contributed by atoms with Crippen LogP contribution in [0.1, 0.15) is 19.6 Å². The van der Waals surface area contributed by atoms with Gasteiger partial charge in [0.1, 0.15) is 59.8 Å². The lowest BCUT2D eigenvalue weighted by Gasteiger charge is -2.44. The summed E-state index contributed by atoms with van der Waals surface area (Å²) in [6.45, 7) is 3.42. The lowest BCUT2D eigenvalue weighted by atomic mass is 9.97. The zero-order chi connectivity index (χ0) is 29.5. The van der Waals surface area contributed by atoms with Crippen molar-refractivity contribution in [3.8, 4) is 11.5 Å². The molecule has 0 spiro atoms. The molecule has 13 nitrogen and oxygen atoms in total. The van der Waals surface area contributed by atoms with Crippen molar-refractivity contribution in [2.75, 3.05) is 13.2 Å². The predicted molar refractivity (Wildman–Crippen MR) is 141 cm³/mol. The largest absolute Gasteiger partial charge is 0.489 e. The van der Waals surface area contributed by atoms with E-state index in [1.54, 1.807) is 12.1 Å². The van der Waals surface area contributed by atoms with E-state index >= 15 is 0 Å². The van der Waals surface area contributed by atoms with Gasteiger partial charge in [0.15, 0.2) is 0 Å². The lowest BCUT2D eigenvalue weighted by Crippen LogP contribution is -2.63. The monoisotopic (exact) mass is 574 g/mol. The fourth-order valence-electron chi connectivity index (χ4n) is 4.58. The molecule has 0 radical (unpaired) electrons. The molecule has 1 aromatic carbocycles. The van der Waals surface area contributed by atoms with E-state index < -0.39 is 60.1 Å². The van der Waals surface area contributed by atoms with Crippen LogP contribution in [-0.2, 0) is 9.47 Å². The Morgan fingerprint density at radius 3 is 2.41 bits per heavy atom. The first-order valence-corrected chi connectivity index (χ1v) is 12.8. The summed E-state index contributed by atoms with van der Waals surface area (Å²) in [6, 6.07) is 7.12. The fourth-order valence-corrected chi connectivity index (χ4v) is 4.58. The van der Waals surface area contributed by atoms with Gasteiger partial charge in [-0.15, -0.1) is 0 Å². The van der Waals surface area contributed by atoms with Gasteiger partial charge in [-0.05, 0) is 32.9 Å². The molecule has 1 aliphatic rings. The summed E-state index contributed by atoms with van der Waals surface area (Å²) in [5.74, 6) is 0.191. The third kappa shape index (κ3) is 5.73.